The van der Waals surface area contributed by atoms with Crippen molar-refractivity contribution in [3.63, 3.8) is 0 Å². The van der Waals surface area contributed by atoms with E-state index < -0.39 is 6.09 Å². The lowest BCUT2D eigenvalue weighted by molar-refractivity contribution is 0.126. The Kier molecular flexibility index (Phi) is 3.04. The average Bonchev–Trinajstić information content (AvgIpc) is 1.61. The van der Waals surface area contributed by atoms with Crippen LogP contribution in [0.3, 0.4) is 0 Å². The van der Waals surface area contributed by atoms with Crippen LogP contribution in [0.4, 0.5) is 4.79 Å². The first kappa shape index (κ1) is 6.23. The van der Waals surface area contributed by atoms with Crippen LogP contribution in [0.5, 0.6) is 0 Å². The maximum absolute atomic E-state index is 9.54. The van der Waals surface area contributed by atoms with Gasteiger partial charge >= 0.3 is 6.09 Å². The summed E-state index contributed by atoms with van der Waals surface area (Å²) in [4.78, 5) is 9.54. The van der Waals surface area contributed by atoms with E-state index in [1.807, 2.05) is 0 Å². The van der Waals surface area contributed by atoms with E-state index in [-0.39, 0.29) is 13.2 Å². The lowest BCUT2D eigenvalue weighted by Gasteiger charge is -1.91. The smallest absolute Gasteiger partial charge is 0.426 e. The fourth-order valence-corrected chi connectivity index (χ4v) is 0.138. The monoisotopic (exact) mass is 104 g/mol. The van der Waals surface area contributed by atoms with Crippen LogP contribution in [0, 0.1) is 0 Å². The highest BCUT2D eigenvalue weighted by atomic mass is 16.6. The molecule has 0 atom stereocenters. The Hall–Kier alpha value is -0.770. The second-order valence-corrected chi connectivity index (χ2v) is 0.860. The van der Waals surface area contributed by atoms with E-state index in [0.29, 0.717) is 0 Å². The lowest BCUT2D eigenvalue weighted by Crippen LogP contribution is -2.05. The van der Waals surface area contributed by atoms with Crippen LogP contribution in [0.2, 0.25) is 0 Å². The van der Waals surface area contributed by atoms with Crippen LogP contribution in [0.25, 0.3) is 0 Å². The molecule has 4 nitrogen and oxygen atoms in total. The predicted molar refractivity (Wildman–Crippen MR) is 21.5 cm³/mol. The number of aliphatic hydroxyl groups is 1. The van der Waals surface area contributed by atoms with E-state index in [9.17, 15) is 4.79 Å². The van der Waals surface area contributed by atoms with Gasteiger partial charge in [0, 0.05) is 0 Å². The van der Waals surface area contributed by atoms with Gasteiger partial charge < -0.3 is 9.84 Å². The van der Waals surface area contributed by atoms with Gasteiger partial charge in [-0.15, -0.1) is 0 Å². The second kappa shape index (κ2) is 3.42. The molecule has 1 radical (unpaired) electrons. The van der Waals surface area contributed by atoms with E-state index in [0.717, 1.165) is 0 Å². The van der Waals surface area contributed by atoms with Crippen molar-refractivity contribution in [1.29, 1.82) is 0 Å². The molecule has 2 N–H and O–H groups in total. The Labute approximate surface area is 40.9 Å². The predicted octanol–water partition coefficient (Wildman–Crippen LogP) is -0.602. The zero-order valence-electron chi connectivity index (χ0n) is 3.68. The van der Waals surface area contributed by atoms with Crippen LogP contribution in [0.15, 0.2) is 0 Å². The molecule has 0 bridgehead atoms. The van der Waals surface area contributed by atoms with E-state index in [2.05, 4.69) is 4.74 Å². The summed E-state index contributed by atoms with van der Waals surface area (Å²) in [6, 6.07) is 0. The third kappa shape index (κ3) is 5.23. The van der Waals surface area contributed by atoms with Crippen molar-refractivity contribution in [1.82, 2.24) is 5.73 Å². The maximum atomic E-state index is 9.54. The summed E-state index contributed by atoms with van der Waals surface area (Å²) in [5, 5.41) is 7.95. The number of rotatable bonds is 2. The Morgan fingerprint density at radius 2 is 2.43 bits per heavy atom. The van der Waals surface area contributed by atoms with Gasteiger partial charge in [-0.2, -0.15) is 0 Å². The number of hydrogen-bond donors (Lipinski definition) is 1. The number of hydrogen-bond acceptors (Lipinski definition) is 3. The number of carbonyl (C=O) groups is 1. The van der Waals surface area contributed by atoms with Crippen molar-refractivity contribution >= 4 is 6.09 Å². The second-order valence-electron chi connectivity index (χ2n) is 0.860. The molecule has 7 heavy (non-hydrogen) atoms. The molecule has 0 aromatic rings. The first-order chi connectivity index (χ1) is 3.27. The van der Waals surface area contributed by atoms with E-state index in [4.69, 9.17) is 10.8 Å². The van der Waals surface area contributed by atoms with Crippen LogP contribution < -0.4 is 5.73 Å². The molecule has 0 aliphatic carbocycles. The Morgan fingerprint density at radius 3 is 2.57 bits per heavy atom. The van der Waals surface area contributed by atoms with Crippen molar-refractivity contribution < 1.29 is 14.6 Å². The third-order valence-corrected chi connectivity index (χ3v) is 0.324. The van der Waals surface area contributed by atoms with Gasteiger partial charge in [0.05, 0.1) is 6.61 Å². The number of carbonyl (C=O) groups excluding carboxylic acids is 1. The topological polar surface area (TPSA) is 70.3 Å². The van der Waals surface area contributed by atoms with Gasteiger partial charge in [-0.25, -0.2) is 10.5 Å². The third-order valence-electron chi connectivity index (χ3n) is 0.324. The van der Waals surface area contributed by atoms with Crippen LogP contribution >= 0.6 is 0 Å². The summed E-state index contributed by atoms with van der Waals surface area (Å²) in [7, 11) is 0. The molecular weight excluding hydrogens is 98.0 g/mol. The number of amides is 1. The highest BCUT2D eigenvalue weighted by Crippen LogP contribution is 1.70. The van der Waals surface area contributed by atoms with Gasteiger partial charge in [-0.3, -0.25) is 0 Å². The molecule has 0 saturated heterocycles. The summed E-state index contributed by atoms with van der Waals surface area (Å²) in [6.45, 7) is -0.299. The van der Waals surface area contributed by atoms with Crippen LogP contribution in [-0.4, -0.2) is 24.4 Å². The fourth-order valence-electron chi connectivity index (χ4n) is 0.138. The standard InChI is InChI=1S/C3H6NO3/c4-3(6)7-2-1-5/h4-5H,1-2H2. The molecule has 0 aromatic carbocycles. The molecule has 0 aliphatic rings. The molecule has 0 spiro atoms. The summed E-state index contributed by atoms with van der Waals surface area (Å²) < 4.78 is 3.97. The fraction of sp³-hybridized carbons (Fsp3) is 0.667. The van der Waals surface area contributed by atoms with Crippen molar-refractivity contribution in [2.45, 2.75) is 0 Å². The van der Waals surface area contributed by atoms with Crippen molar-refractivity contribution in [3.05, 3.63) is 0 Å². The average molecular weight is 104 g/mol. The minimum absolute atomic E-state index is 0.0810. The van der Waals surface area contributed by atoms with Gasteiger partial charge in [-0.05, 0) is 0 Å². The summed E-state index contributed by atoms with van der Waals surface area (Å²) in [5.41, 5.74) is 6.11. The van der Waals surface area contributed by atoms with Gasteiger partial charge in [0.2, 0.25) is 0 Å². The molecule has 0 heterocycles. The molecule has 1 amide bonds. The molecule has 0 aliphatic heterocycles. The molecule has 0 rings (SSSR count). The van der Waals surface area contributed by atoms with E-state index in [1.54, 1.807) is 0 Å². The quantitative estimate of drug-likeness (QED) is 0.508. The highest BCUT2D eigenvalue weighted by Gasteiger charge is 1.88. The largest absolute Gasteiger partial charge is 0.446 e. The van der Waals surface area contributed by atoms with E-state index >= 15 is 0 Å². The normalized spacial score (nSPS) is 8.14. The zero-order chi connectivity index (χ0) is 5.70. The van der Waals surface area contributed by atoms with Crippen molar-refractivity contribution in [2.75, 3.05) is 13.2 Å². The van der Waals surface area contributed by atoms with Crippen LogP contribution in [0.1, 0.15) is 0 Å². The van der Waals surface area contributed by atoms with Gasteiger partial charge in [0.1, 0.15) is 6.61 Å². The number of nitrogens with one attached hydrogen (secondary N) is 1. The molecule has 4 heteroatoms. The molecular formula is C3H6NO3. The minimum Gasteiger partial charge on any atom is -0.446 e. The summed E-state index contributed by atoms with van der Waals surface area (Å²) in [5.74, 6) is 0. The Bertz CT molecular complexity index is 63.2. The molecule has 0 unspecified atom stereocenters. The Morgan fingerprint density at radius 1 is 1.86 bits per heavy atom. The Balaban J connectivity index is 2.82. The highest BCUT2D eigenvalue weighted by molar-refractivity contribution is 5.63. The summed E-state index contributed by atoms with van der Waals surface area (Å²) in [6.07, 6.45) is -1.10. The maximum Gasteiger partial charge on any atom is 0.426 e. The lowest BCUT2D eigenvalue weighted by atomic mass is 10.8. The number of aliphatic hydroxyl groups excluding tert-OH is 1. The SMILES string of the molecule is [NH]C(=O)OCCO. The molecule has 0 aromatic heterocycles. The first-order valence-corrected chi connectivity index (χ1v) is 1.76. The molecule has 41 valence electrons. The molecule has 0 saturated carbocycles. The van der Waals surface area contributed by atoms with Gasteiger partial charge in [-0.1, -0.05) is 0 Å². The number of ether oxygens (including phenoxy) is 1. The summed E-state index contributed by atoms with van der Waals surface area (Å²) >= 11 is 0. The van der Waals surface area contributed by atoms with Gasteiger partial charge in [0.25, 0.3) is 0 Å². The minimum atomic E-state index is -1.10. The van der Waals surface area contributed by atoms with Gasteiger partial charge in [0.15, 0.2) is 0 Å². The van der Waals surface area contributed by atoms with Crippen molar-refractivity contribution in [3.8, 4) is 0 Å². The van der Waals surface area contributed by atoms with Crippen LogP contribution in [-0.2, 0) is 4.74 Å². The van der Waals surface area contributed by atoms with E-state index in [1.165, 1.54) is 0 Å². The van der Waals surface area contributed by atoms with Crippen molar-refractivity contribution in [2.24, 2.45) is 0 Å². The molecule has 0 fully saturated rings. The zero-order valence-corrected chi connectivity index (χ0v) is 3.68. The first-order valence-electron chi connectivity index (χ1n) is 1.76.